The van der Waals surface area contributed by atoms with Crippen LogP contribution in [-0.2, 0) is 22.7 Å². The highest BCUT2D eigenvalue weighted by Gasteiger charge is 2.26. The molecule has 1 saturated heterocycles. The maximum absolute atomic E-state index is 12.3. The fourth-order valence-corrected chi connectivity index (χ4v) is 4.63. The number of carbonyl (C=O) groups is 1. The Morgan fingerprint density at radius 2 is 1.74 bits per heavy atom. The Kier molecular flexibility index (Phi) is 8.56. The molecule has 0 spiro atoms. The van der Waals surface area contributed by atoms with Crippen LogP contribution >= 0.6 is 0 Å². The highest BCUT2D eigenvalue weighted by atomic mass is 16.5. The summed E-state index contributed by atoms with van der Waals surface area (Å²) in [6, 6.07) is 18.6. The molecule has 1 aliphatic heterocycles. The minimum atomic E-state index is -0.370. The molecule has 1 aliphatic carbocycles. The molecule has 2 aliphatic rings. The first-order valence-electron chi connectivity index (χ1n) is 12.6. The van der Waals surface area contributed by atoms with Crippen LogP contribution in [0.25, 0.3) is 0 Å². The third-order valence-corrected chi connectivity index (χ3v) is 6.85. The number of hydrogen-bond donors (Lipinski definition) is 1. The average molecular weight is 472 g/mol. The number of carbonyl (C=O) groups excluding carboxylic acids is 1. The standard InChI is InChI=1S/C30H37N3O2/c1-23(2)26-11-12-27(29(21-34)30(18-26)35-22-24-7-4-3-5-8-24)20-32-13-15-33(16-14-32)28-10-6-9-25(17-28)19-31/h3-12,17-18,21,23,29H,13-16,19-20,22,31H2,1-2H3. The van der Waals surface area contributed by atoms with Gasteiger partial charge in [0.25, 0.3) is 0 Å². The number of anilines is 1. The van der Waals surface area contributed by atoms with Crippen LogP contribution in [0.15, 0.2) is 89.7 Å². The summed E-state index contributed by atoms with van der Waals surface area (Å²) in [6.07, 6.45) is 7.40. The summed E-state index contributed by atoms with van der Waals surface area (Å²) in [5, 5.41) is 0. The van der Waals surface area contributed by atoms with Gasteiger partial charge in [0, 0.05) is 45.0 Å². The second-order valence-corrected chi connectivity index (χ2v) is 9.63. The van der Waals surface area contributed by atoms with Gasteiger partial charge < -0.3 is 20.2 Å². The molecule has 0 bridgehead atoms. The summed E-state index contributed by atoms with van der Waals surface area (Å²) in [4.78, 5) is 17.2. The molecular weight excluding hydrogens is 434 g/mol. The predicted molar refractivity (Wildman–Crippen MR) is 143 cm³/mol. The second kappa shape index (κ2) is 12.0. The van der Waals surface area contributed by atoms with Crippen molar-refractivity contribution in [2.75, 3.05) is 37.6 Å². The van der Waals surface area contributed by atoms with Crippen molar-refractivity contribution in [2.24, 2.45) is 17.6 Å². The number of benzene rings is 2. The molecule has 0 amide bonds. The van der Waals surface area contributed by atoms with Crippen LogP contribution in [0, 0.1) is 11.8 Å². The smallest absolute Gasteiger partial charge is 0.134 e. The largest absolute Gasteiger partial charge is 0.492 e. The first-order valence-corrected chi connectivity index (χ1v) is 12.6. The Morgan fingerprint density at radius 3 is 2.43 bits per heavy atom. The van der Waals surface area contributed by atoms with Crippen molar-refractivity contribution in [2.45, 2.75) is 27.0 Å². The summed E-state index contributed by atoms with van der Waals surface area (Å²) in [5.74, 6) is 0.719. The molecule has 1 unspecified atom stereocenters. The van der Waals surface area contributed by atoms with Crippen molar-refractivity contribution in [3.8, 4) is 0 Å². The second-order valence-electron chi connectivity index (χ2n) is 9.63. The van der Waals surface area contributed by atoms with E-state index in [1.54, 1.807) is 0 Å². The van der Waals surface area contributed by atoms with Crippen LogP contribution < -0.4 is 10.6 Å². The summed E-state index contributed by atoms with van der Waals surface area (Å²) in [6.45, 7) is 9.91. The van der Waals surface area contributed by atoms with E-state index in [-0.39, 0.29) is 5.92 Å². The van der Waals surface area contributed by atoms with Crippen molar-refractivity contribution in [1.29, 1.82) is 0 Å². The van der Waals surface area contributed by atoms with E-state index >= 15 is 0 Å². The fraction of sp³-hybridized carbons (Fsp3) is 0.367. The van der Waals surface area contributed by atoms with Crippen LogP contribution in [0.3, 0.4) is 0 Å². The Morgan fingerprint density at radius 1 is 1.00 bits per heavy atom. The van der Waals surface area contributed by atoms with E-state index in [9.17, 15) is 4.79 Å². The number of rotatable bonds is 9. The van der Waals surface area contributed by atoms with Crippen LogP contribution in [0.1, 0.15) is 25.0 Å². The quantitative estimate of drug-likeness (QED) is 0.537. The highest BCUT2D eigenvalue weighted by Crippen LogP contribution is 2.29. The van der Waals surface area contributed by atoms with Gasteiger partial charge in [0.1, 0.15) is 18.7 Å². The van der Waals surface area contributed by atoms with Crippen LogP contribution in [0.5, 0.6) is 0 Å². The number of nitrogens with two attached hydrogens (primary N) is 1. The van der Waals surface area contributed by atoms with Gasteiger partial charge in [-0.1, -0.05) is 68.5 Å². The molecule has 1 fully saturated rings. The van der Waals surface area contributed by atoms with E-state index in [1.165, 1.54) is 11.3 Å². The first kappa shape index (κ1) is 25.0. The Hall–Kier alpha value is -3.15. The summed E-state index contributed by atoms with van der Waals surface area (Å²) < 4.78 is 6.26. The highest BCUT2D eigenvalue weighted by molar-refractivity contribution is 5.65. The maximum atomic E-state index is 12.3. The average Bonchev–Trinajstić information content (AvgIpc) is 3.07. The number of aldehydes is 1. The van der Waals surface area contributed by atoms with E-state index in [4.69, 9.17) is 10.5 Å². The van der Waals surface area contributed by atoms with E-state index in [0.717, 1.165) is 61.5 Å². The van der Waals surface area contributed by atoms with E-state index in [2.05, 4.69) is 66.1 Å². The number of nitrogens with zero attached hydrogens (tertiary/aromatic N) is 2. The predicted octanol–water partition coefficient (Wildman–Crippen LogP) is 4.71. The van der Waals surface area contributed by atoms with Gasteiger partial charge in [0.15, 0.2) is 0 Å². The molecule has 2 aromatic carbocycles. The number of allylic oxidation sites excluding steroid dienone is 5. The van der Waals surface area contributed by atoms with Gasteiger partial charge in [0.05, 0.1) is 5.92 Å². The molecule has 5 heteroatoms. The molecule has 0 aromatic heterocycles. The third-order valence-electron chi connectivity index (χ3n) is 6.85. The monoisotopic (exact) mass is 471 g/mol. The minimum absolute atomic E-state index is 0.348. The molecule has 35 heavy (non-hydrogen) atoms. The normalized spacial score (nSPS) is 19.0. The van der Waals surface area contributed by atoms with Crippen LogP contribution in [-0.4, -0.2) is 43.9 Å². The Balaban J connectivity index is 1.45. The lowest BCUT2D eigenvalue weighted by Gasteiger charge is -2.37. The molecule has 5 nitrogen and oxygen atoms in total. The van der Waals surface area contributed by atoms with Gasteiger partial charge >= 0.3 is 0 Å². The lowest BCUT2D eigenvalue weighted by Crippen LogP contribution is -2.47. The number of ether oxygens (including phenoxy) is 1. The van der Waals surface area contributed by atoms with E-state index in [0.29, 0.717) is 19.1 Å². The van der Waals surface area contributed by atoms with Gasteiger partial charge in [-0.05, 0) is 46.4 Å². The van der Waals surface area contributed by atoms with Crippen molar-refractivity contribution >= 4 is 12.0 Å². The van der Waals surface area contributed by atoms with Gasteiger partial charge in [-0.25, -0.2) is 0 Å². The topological polar surface area (TPSA) is 58.8 Å². The Bertz CT molecular complexity index is 1080. The van der Waals surface area contributed by atoms with Crippen LogP contribution in [0.2, 0.25) is 0 Å². The van der Waals surface area contributed by atoms with Gasteiger partial charge in [-0.2, -0.15) is 0 Å². The molecule has 1 atom stereocenters. The lowest BCUT2D eigenvalue weighted by atomic mass is 9.96. The number of hydrogen-bond acceptors (Lipinski definition) is 5. The lowest BCUT2D eigenvalue weighted by molar-refractivity contribution is -0.110. The number of piperazine rings is 1. The Labute approximate surface area is 209 Å². The molecule has 1 heterocycles. The molecule has 2 aromatic rings. The summed E-state index contributed by atoms with van der Waals surface area (Å²) >= 11 is 0. The van der Waals surface area contributed by atoms with Crippen LogP contribution in [0.4, 0.5) is 5.69 Å². The molecule has 184 valence electrons. The first-order chi connectivity index (χ1) is 17.1. The van der Waals surface area contributed by atoms with Crippen molar-refractivity contribution in [1.82, 2.24) is 4.90 Å². The zero-order valence-electron chi connectivity index (χ0n) is 20.9. The summed E-state index contributed by atoms with van der Waals surface area (Å²) in [7, 11) is 0. The van der Waals surface area contributed by atoms with E-state index in [1.807, 2.05) is 30.3 Å². The van der Waals surface area contributed by atoms with Gasteiger partial charge in [-0.3, -0.25) is 4.90 Å². The van der Waals surface area contributed by atoms with Crippen molar-refractivity contribution < 1.29 is 9.53 Å². The fourth-order valence-electron chi connectivity index (χ4n) is 4.63. The summed E-state index contributed by atoms with van der Waals surface area (Å²) in [5.41, 5.74) is 11.6. The third kappa shape index (κ3) is 6.50. The zero-order valence-corrected chi connectivity index (χ0v) is 20.9. The molecule has 0 saturated carbocycles. The van der Waals surface area contributed by atoms with Gasteiger partial charge in [0.2, 0.25) is 0 Å². The molecule has 4 rings (SSSR count). The van der Waals surface area contributed by atoms with Gasteiger partial charge in [-0.15, -0.1) is 0 Å². The SMILES string of the molecule is CC(C)C1=CC=C(CN2CCN(c3cccc(CN)c3)CC2)C(C=O)C(OCc2ccccc2)=C1. The minimum Gasteiger partial charge on any atom is -0.492 e. The molecule has 2 N–H and O–H groups in total. The van der Waals surface area contributed by atoms with Crippen molar-refractivity contribution in [3.63, 3.8) is 0 Å². The zero-order chi connectivity index (χ0) is 24.6. The molecule has 0 radical (unpaired) electrons. The van der Waals surface area contributed by atoms with E-state index < -0.39 is 0 Å². The van der Waals surface area contributed by atoms with Crippen molar-refractivity contribution in [3.05, 3.63) is 101 Å². The maximum Gasteiger partial charge on any atom is 0.134 e. The molecular formula is C30H37N3O2.